The summed E-state index contributed by atoms with van der Waals surface area (Å²) in [6.07, 6.45) is 32.0. The van der Waals surface area contributed by atoms with Crippen molar-refractivity contribution in [1.82, 2.24) is 0 Å². The minimum atomic E-state index is -0.397. The van der Waals surface area contributed by atoms with E-state index in [-0.39, 0.29) is 23.1 Å². The molecule has 0 aromatic carbocycles. The maximum absolute atomic E-state index is 12.2. The van der Waals surface area contributed by atoms with Crippen LogP contribution in [-0.2, 0) is 4.79 Å². The van der Waals surface area contributed by atoms with Crippen molar-refractivity contribution in [3.05, 3.63) is 141 Å². The molecule has 0 saturated heterocycles. The Morgan fingerprint density at radius 1 is 0.744 bits per heavy atom. The lowest BCUT2D eigenvalue weighted by Crippen LogP contribution is -2.28. The molecule has 230 valence electrons. The fourth-order valence-electron chi connectivity index (χ4n) is 5.57. The maximum Gasteiger partial charge on any atom is 0.222 e. The molecule has 3 heteroatoms. The summed E-state index contributed by atoms with van der Waals surface area (Å²) >= 11 is 0. The molecule has 1 atom stereocenters. The quantitative estimate of drug-likeness (QED) is 0.253. The van der Waals surface area contributed by atoms with Gasteiger partial charge in [0.2, 0.25) is 5.78 Å². The molecule has 2 N–H and O–H groups in total. The molecule has 1 unspecified atom stereocenters. The Bertz CT molecular complexity index is 1430. The van der Waals surface area contributed by atoms with E-state index in [1.165, 1.54) is 16.7 Å². The maximum atomic E-state index is 12.2. The van der Waals surface area contributed by atoms with Crippen LogP contribution >= 0.6 is 0 Å². The largest absolute Gasteiger partial charge is 0.504 e. The van der Waals surface area contributed by atoms with Crippen LogP contribution in [0.15, 0.2) is 141 Å². The van der Waals surface area contributed by atoms with Gasteiger partial charge in [-0.15, -0.1) is 0 Å². The fraction of sp³-hybridized carbons (Fsp3) is 0.375. The van der Waals surface area contributed by atoms with Crippen molar-refractivity contribution >= 4 is 5.78 Å². The van der Waals surface area contributed by atoms with Crippen molar-refractivity contribution in [2.75, 3.05) is 0 Å². The number of allylic oxidation sites excluding steroid dienone is 22. The molecule has 0 fully saturated rings. The fourth-order valence-corrected chi connectivity index (χ4v) is 5.57. The first kappa shape index (κ1) is 35.5. The van der Waals surface area contributed by atoms with Crippen molar-refractivity contribution in [3.8, 4) is 0 Å². The Hall–Kier alpha value is -3.69. The number of carbonyl (C=O) groups excluding carboxylic acids is 1. The number of aliphatic hydroxyl groups is 2. The molecule has 0 amide bonds. The van der Waals surface area contributed by atoms with Crippen molar-refractivity contribution in [1.29, 1.82) is 0 Å². The first-order valence-corrected chi connectivity index (χ1v) is 15.2. The minimum absolute atomic E-state index is 0.00636. The van der Waals surface area contributed by atoms with E-state index < -0.39 is 5.41 Å². The molecule has 2 aliphatic carbocycles. The van der Waals surface area contributed by atoms with Crippen LogP contribution in [0.3, 0.4) is 0 Å². The zero-order valence-corrected chi connectivity index (χ0v) is 28.0. The zero-order valence-electron chi connectivity index (χ0n) is 28.0. The average Bonchev–Trinajstić information content (AvgIpc) is 2.88. The normalized spacial score (nSPS) is 22.9. The summed E-state index contributed by atoms with van der Waals surface area (Å²) in [6.45, 7) is 20.6. The second-order valence-electron chi connectivity index (χ2n) is 13.2. The molecular formula is C40H52O3. The molecule has 0 saturated carbocycles. The van der Waals surface area contributed by atoms with Gasteiger partial charge in [-0.3, -0.25) is 4.79 Å². The molecule has 0 bridgehead atoms. The van der Waals surface area contributed by atoms with Gasteiger partial charge in [-0.25, -0.2) is 0 Å². The van der Waals surface area contributed by atoms with Gasteiger partial charge in [0.1, 0.15) is 0 Å². The van der Waals surface area contributed by atoms with Gasteiger partial charge in [-0.1, -0.05) is 141 Å². The monoisotopic (exact) mass is 580 g/mol. The highest BCUT2D eigenvalue weighted by molar-refractivity contribution is 6.08. The van der Waals surface area contributed by atoms with Crippen LogP contribution in [0.4, 0.5) is 0 Å². The van der Waals surface area contributed by atoms with Crippen LogP contribution in [0.25, 0.3) is 0 Å². The molecule has 2 rings (SSSR count). The number of hydrogen-bond acceptors (Lipinski definition) is 3. The number of rotatable bonds is 10. The van der Waals surface area contributed by atoms with Crippen molar-refractivity contribution in [2.45, 2.75) is 88.2 Å². The Morgan fingerprint density at radius 2 is 1.19 bits per heavy atom. The van der Waals surface area contributed by atoms with Crippen LogP contribution in [0, 0.1) is 10.8 Å². The lowest BCUT2D eigenvalue weighted by atomic mass is 9.71. The van der Waals surface area contributed by atoms with Crippen LogP contribution < -0.4 is 0 Å². The molecule has 0 radical (unpaired) electrons. The summed E-state index contributed by atoms with van der Waals surface area (Å²) in [6, 6.07) is 0. The van der Waals surface area contributed by atoms with Gasteiger partial charge in [0.05, 0.1) is 6.10 Å². The number of carbonyl (C=O) groups is 1. The van der Waals surface area contributed by atoms with E-state index >= 15 is 0 Å². The summed E-state index contributed by atoms with van der Waals surface area (Å²) in [5.74, 6) is -0.476. The van der Waals surface area contributed by atoms with Crippen LogP contribution in [-0.4, -0.2) is 22.1 Å². The minimum Gasteiger partial charge on any atom is -0.504 e. The lowest BCUT2D eigenvalue weighted by molar-refractivity contribution is -0.114. The van der Waals surface area contributed by atoms with E-state index in [1.807, 2.05) is 57.2 Å². The molecule has 3 nitrogen and oxygen atoms in total. The second-order valence-corrected chi connectivity index (χ2v) is 13.2. The summed E-state index contributed by atoms with van der Waals surface area (Å²) in [7, 11) is 0. The van der Waals surface area contributed by atoms with E-state index in [0.29, 0.717) is 5.57 Å². The van der Waals surface area contributed by atoms with Crippen LogP contribution in [0.2, 0.25) is 0 Å². The van der Waals surface area contributed by atoms with Crippen molar-refractivity contribution in [3.63, 3.8) is 0 Å². The van der Waals surface area contributed by atoms with E-state index in [2.05, 4.69) is 90.2 Å². The first-order valence-electron chi connectivity index (χ1n) is 15.2. The highest BCUT2D eigenvalue weighted by Gasteiger charge is 2.32. The number of Topliss-reactive ketones (excluding diaryl/α,β-unsaturated/α-hetero) is 1. The Kier molecular flexibility index (Phi) is 13.0. The third-order valence-electron chi connectivity index (χ3n) is 7.94. The lowest BCUT2D eigenvalue weighted by Gasteiger charge is -2.35. The standard InChI is InChI=1S/C40H52O3/c1-28(17-13-19-30(3)21-23-35-32(5)25-34(41)26-39(35,7)8)15-11-12-16-29(2)18-14-20-31(4)22-24-36-33(6)38(43)37(42)27-40(36,9)10/h11-24,27,34,41-42H,25-26H2,1-10H3/b12-11+,17-13+,18-14+,23-21+,24-22+,28-15-,29-16+,30-19+,31-20-. The molecule has 0 heterocycles. The second kappa shape index (κ2) is 15.7. The predicted molar refractivity (Wildman–Crippen MR) is 185 cm³/mol. The van der Waals surface area contributed by atoms with Gasteiger partial charge in [-0.05, 0) is 77.0 Å². The molecule has 43 heavy (non-hydrogen) atoms. The van der Waals surface area contributed by atoms with E-state index in [1.54, 1.807) is 13.0 Å². The van der Waals surface area contributed by atoms with Gasteiger partial charge in [0, 0.05) is 11.0 Å². The van der Waals surface area contributed by atoms with E-state index in [0.717, 1.165) is 35.1 Å². The van der Waals surface area contributed by atoms with Gasteiger partial charge in [0.25, 0.3) is 0 Å². The van der Waals surface area contributed by atoms with Gasteiger partial charge >= 0.3 is 0 Å². The zero-order chi connectivity index (χ0) is 32.4. The third-order valence-corrected chi connectivity index (χ3v) is 7.94. The smallest absolute Gasteiger partial charge is 0.222 e. The van der Waals surface area contributed by atoms with Gasteiger partial charge < -0.3 is 10.2 Å². The number of hydrogen-bond donors (Lipinski definition) is 2. The van der Waals surface area contributed by atoms with E-state index in [4.69, 9.17) is 0 Å². The predicted octanol–water partition coefficient (Wildman–Crippen LogP) is 10.4. The van der Waals surface area contributed by atoms with Gasteiger partial charge in [-0.2, -0.15) is 0 Å². The van der Waals surface area contributed by atoms with Crippen LogP contribution in [0.5, 0.6) is 0 Å². The highest BCUT2D eigenvalue weighted by atomic mass is 16.3. The molecule has 0 aliphatic heterocycles. The Balaban J connectivity index is 1.93. The summed E-state index contributed by atoms with van der Waals surface area (Å²) in [5, 5.41) is 20.0. The molecular weight excluding hydrogens is 528 g/mol. The Morgan fingerprint density at radius 3 is 1.67 bits per heavy atom. The highest BCUT2D eigenvalue weighted by Crippen LogP contribution is 2.41. The topological polar surface area (TPSA) is 57.5 Å². The molecule has 0 aromatic rings. The SMILES string of the molecule is CC1=C(/C=C/C(C)=C/C=C/C(C)=C\C=C\C=C(C)\C=C\C=C(C)/C=C/C2=C(C)C(=O)C(O)=CC2(C)C)C(C)(C)CC(O)C1. The van der Waals surface area contributed by atoms with E-state index in [9.17, 15) is 15.0 Å². The van der Waals surface area contributed by atoms with Crippen LogP contribution in [0.1, 0.15) is 82.1 Å². The third kappa shape index (κ3) is 11.1. The number of aliphatic hydroxyl groups excluding tert-OH is 2. The molecule has 0 spiro atoms. The average molecular weight is 581 g/mol. The summed E-state index contributed by atoms with van der Waals surface area (Å²) in [5.41, 5.74) is 8.27. The summed E-state index contributed by atoms with van der Waals surface area (Å²) in [4.78, 5) is 12.2. The van der Waals surface area contributed by atoms with Crippen molar-refractivity contribution < 1.29 is 15.0 Å². The first-order chi connectivity index (χ1) is 20.0. The molecule has 2 aliphatic rings. The molecule has 0 aromatic heterocycles. The number of ketones is 1. The van der Waals surface area contributed by atoms with Crippen molar-refractivity contribution in [2.24, 2.45) is 10.8 Å². The Labute approximate surface area is 260 Å². The van der Waals surface area contributed by atoms with Gasteiger partial charge in [0.15, 0.2) is 5.76 Å². The summed E-state index contributed by atoms with van der Waals surface area (Å²) < 4.78 is 0.